The molecule has 4 heterocycles. The zero-order valence-corrected chi connectivity index (χ0v) is 24.2. The average Bonchev–Trinajstić information content (AvgIpc) is 3.30. The Morgan fingerprint density at radius 2 is 1.93 bits per heavy atom. The van der Waals surface area contributed by atoms with Crippen LogP contribution in [0.3, 0.4) is 0 Å². The van der Waals surface area contributed by atoms with Crippen molar-refractivity contribution >= 4 is 44.0 Å². The van der Waals surface area contributed by atoms with Crippen LogP contribution in [0.25, 0.3) is 11.2 Å². The molecule has 1 saturated heterocycles. The van der Waals surface area contributed by atoms with Crippen LogP contribution >= 0.6 is 0 Å². The quantitative estimate of drug-likeness (QED) is 0.244. The largest absolute Gasteiger partial charge is 0.488 e. The highest BCUT2D eigenvalue weighted by molar-refractivity contribution is 7.90. The van der Waals surface area contributed by atoms with Crippen LogP contribution in [-0.2, 0) is 19.3 Å². The molecular weight excluding hydrogens is 565 g/mol. The molecule has 2 N–H and O–H groups in total. The van der Waals surface area contributed by atoms with Crippen LogP contribution in [0.1, 0.15) is 37.0 Å². The van der Waals surface area contributed by atoms with Gasteiger partial charge >= 0.3 is 0 Å². The molecule has 1 unspecified atom stereocenters. The van der Waals surface area contributed by atoms with Crippen LogP contribution < -0.4 is 15.4 Å². The lowest BCUT2D eigenvalue weighted by molar-refractivity contribution is -0.0308. The number of imidazole rings is 1. The van der Waals surface area contributed by atoms with E-state index in [0.29, 0.717) is 53.3 Å². The van der Waals surface area contributed by atoms with Gasteiger partial charge in [-0.1, -0.05) is 0 Å². The second kappa shape index (κ2) is 12.3. The van der Waals surface area contributed by atoms with Gasteiger partial charge in [0.2, 0.25) is 0 Å². The van der Waals surface area contributed by atoms with Gasteiger partial charge in [0.05, 0.1) is 22.9 Å². The first-order valence-electron chi connectivity index (χ1n) is 13.3. The summed E-state index contributed by atoms with van der Waals surface area (Å²) in [5, 5.41) is 15.9. The van der Waals surface area contributed by atoms with E-state index in [0.717, 1.165) is 31.6 Å². The number of methoxy groups -OCH3 is 1. The fourth-order valence-electron chi connectivity index (χ4n) is 4.73. The summed E-state index contributed by atoms with van der Waals surface area (Å²) in [5.74, 6) is 0.980. The van der Waals surface area contributed by atoms with Crippen LogP contribution in [0.4, 0.5) is 27.4 Å². The van der Waals surface area contributed by atoms with E-state index in [2.05, 4.69) is 15.6 Å². The van der Waals surface area contributed by atoms with Crippen molar-refractivity contribution in [3.8, 4) is 11.8 Å². The van der Waals surface area contributed by atoms with Gasteiger partial charge < -0.3 is 24.8 Å². The first-order valence-corrected chi connectivity index (χ1v) is 15.1. The molecule has 0 aliphatic carbocycles. The number of rotatable bonds is 10. The fourth-order valence-corrected chi connectivity index (χ4v) is 5.58. The van der Waals surface area contributed by atoms with E-state index in [9.17, 15) is 18.1 Å². The lowest BCUT2D eigenvalue weighted by Gasteiger charge is -2.25. The highest BCUT2D eigenvalue weighted by Gasteiger charge is 2.24. The van der Waals surface area contributed by atoms with E-state index in [1.807, 2.05) is 17.6 Å². The highest BCUT2D eigenvalue weighted by atomic mass is 32.2. The lowest BCUT2D eigenvalue weighted by atomic mass is 10.2. The van der Waals surface area contributed by atoms with Crippen molar-refractivity contribution in [3.05, 3.63) is 53.7 Å². The molecule has 1 aromatic carbocycles. The molecule has 3 aromatic heterocycles. The van der Waals surface area contributed by atoms with Gasteiger partial charge in [0.25, 0.3) is 0 Å². The molecule has 5 rings (SSSR count). The number of ether oxygens (including phenoxy) is 3. The molecular formula is C28H30FN7O5S. The van der Waals surface area contributed by atoms with Crippen LogP contribution in [0.5, 0.6) is 5.75 Å². The molecule has 220 valence electrons. The Morgan fingerprint density at radius 1 is 1.10 bits per heavy atom. The molecule has 42 heavy (non-hydrogen) atoms. The van der Waals surface area contributed by atoms with Crippen LogP contribution in [0.2, 0.25) is 0 Å². The SMILES string of the molecule is COCCOc1ccc(Nc2cc(Nc3ccc(F)cc3S(C)(=O)=O)c3nc(C)n(C4CCCCO4)c3n2)nc1C#N. The molecule has 1 fully saturated rings. The standard InChI is InChI=1S/C28H30FN7O5S/c1-17-31-27-20(32-19-8-7-18(29)14-23(19)42(3,37)38)15-25(35-28(27)36(17)26-6-4-5-11-41-26)34-24-10-9-22(21(16-30)33-24)40-13-12-39-2/h7-10,14-15,26H,4-6,11-13H2,1-3H3,(H2,32,33,34,35). The minimum Gasteiger partial charge on any atom is -0.488 e. The van der Waals surface area contributed by atoms with Crippen molar-refractivity contribution in [3.63, 3.8) is 0 Å². The maximum Gasteiger partial charge on any atom is 0.184 e. The third-order valence-corrected chi connectivity index (χ3v) is 7.78. The Kier molecular flexibility index (Phi) is 8.53. The first kappa shape index (κ1) is 29.2. The van der Waals surface area contributed by atoms with E-state index in [1.54, 1.807) is 25.3 Å². The lowest BCUT2D eigenvalue weighted by Crippen LogP contribution is -2.19. The number of fused-ring (bicyclic) bond motifs is 1. The summed E-state index contributed by atoms with van der Waals surface area (Å²) in [7, 11) is -2.21. The Balaban J connectivity index is 1.59. The van der Waals surface area contributed by atoms with E-state index in [4.69, 9.17) is 24.2 Å². The topological polar surface area (TPSA) is 153 Å². The summed E-state index contributed by atoms with van der Waals surface area (Å²) < 4.78 is 57.5. The number of benzene rings is 1. The van der Waals surface area contributed by atoms with Crippen molar-refractivity contribution in [1.82, 2.24) is 19.5 Å². The smallest absolute Gasteiger partial charge is 0.184 e. The minimum atomic E-state index is -3.77. The Bertz CT molecular complexity index is 1760. The number of nitrogens with zero attached hydrogens (tertiary/aromatic N) is 5. The van der Waals surface area contributed by atoms with Crippen molar-refractivity contribution in [1.29, 1.82) is 5.26 Å². The van der Waals surface area contributed by atoms with Gasteiger partial charge in [-0.3, -0.25) is 4.57 Å². The average molecular weight is 596 g/mol. The molecule has 1 atom stereocenters. The number of hydrogen-bond donors (Lipinski definition) is 2. The van der Waals surface area contributed by atoms with E-state index >= 15 is 0 Å². The van der Waals surface area contributed by atoms with E-state index in [1.165, 1.54) is 12.1 Å². The summed E-state index contributed by atoms with van der Waals surface area (Å²) in [4.78, 5) is 13.7. The van der Waals surface area contributed by atoms with Gasteiger partial charge in [0, 0.05) is 26.0 Å². The summed E-state index contributed by atoms with van der Waals surface area (Å²) in [6.07, 6.45) is 3.47. The zero-order valence-electron chi connectivity index (χ0n) is 23.3. The predicted molar refractivity (Wildman–Crippen MR) is 154 cm³/mol. The Hall–Kier alpha value is -4.32. The number of hydrogen-bond acceptors (Lipinski definition) is 11. The van der Waals surface area contributed by atoms with Gasteiger partial charge in [-0.15, -0.1) is 0 Å². The minimum absolute atomic E-state index is 0.0797. The van der Waals surface area contributed by atoms with Gasteiger partial charge in [-0.2, -0.15) is 5.26 Å². The van der Waals surface area contributed by atoms with Crippen molar-refractivity contribution < 1.29 is 27.0 Å². The monoisotopic (exact) mass is 595 g/mol. The molecule has 4 aromatic rings. The molecule has 0 amide bonds. The maximum atomic E-state index is 14.0. The predicted octanol–water partition coefficient (Wildman–Crippen LogP) is 4.76. The molecule has 0 radical (unpaired) electrons. The summed E-state index contributed by atoms with van der Waals surface area (Å²) in [5.41, 5.74) is 1.66. The third-order valence-electron chi connectivity index (χ3n) is 6.65. The van der Waals surface area contributed by atoms with Gasteiger partial charge in [0.1, 0.15) is 47.7 Å². The van der Waals surface area contributed by atoms with E-state index < -0.39 is 15.7 Å². The molecule has 1 aliphatic heterocycles. The first-order chi connectivity index (χ1) is 20.2. The summed E-state index contributed by atoms with van der Waals surface area (Å²) in [6, 6.07) is 10.5. The van der Waals surface area contributed by atoms with Crippen LogP contribution in [0, 0.1) is 24.1 Å². The number of aromatic nitrogens is 4. The molecule has 0 bridgehead atoms. The zero-order chi connectivity index (χ0) is 29.9. The van der Waals surface area contributed by atoms with Crippen LogP contribution in [-0.4, -0.2) is 61.1 Å². The Labute approximate surface area is 242 Å². The summed E-state index contributed by atoms with van der Waals surface area (Å²) in [6.45, 7) is 3.08. The molecule has 0 saturated carbocycles. The Morgan fingerprint density at radius 3 is 2.64 bits per heavy atom. The van der Waals surface area contributed by atoms with Crippen LogP contribution in [0.15, 0.2) is 41.3 Å². The molecule has 1 aliphatic rings. The molecule has 12 nitrogen and oxygen atoms in total. The summed E-state index contributed by atoms with van der Waals surface area (Å²) >= 11 is 0. The van der Waals surface area contributed by atoms with Crippen molar-refractivity contribution in [2.75, 3.05) is 43.8 Å². The van der Waals surface area contributed by atoms with Gasteiger partial charge in [-0.25, -0.2) is 27.8 Å². The van der Waals surface area contributed by atoms with Gasteiger partial charge in [-0.05, 0) is 56.5 Å². The second-order valence-corrected chi connectivity index (χ2v) is 11.7. The molecule has 0 spiro atoms. The van der Waals surface area contributed by atoms with Crippen molar-refractivity contribution in [2.24, 2.45) is 0 Å². The third kappa shape index (κ3) is 6.28. The maximum absolute atomic E-state index is 14.0. The number of nitriles is 1. The number of aryl methyl sites for hydroxylation is 1. The number of anilines is 4. The number of pyridine rings is 2. The number of nitrogens with one attached hydrogen (secondary N) is 2. The number of halogens is 1. The number of sulfone groups is 1. The second-order valence-electron chi connectivity index (χ2n) is 9.74. The molecule has 14 heteroatoms. The van der Waals surface area contributed by atoms with Gasteiger partial charge in [0.15, 0.2) is 26.9 Å². The van der Waals surface area contributed by atoms with E-state index in [-0.39, 0.29) is 29.1 Å². The fraction of sp³-hybridized carbons (Fsp3) is 0.357. The van der Waals surface area contributed by atoms with Crippen molar-refractivity contribution in [2.45, 2.75) is 37.3 Å². The normalized spacial score (nSPS) is 15.4. The highest BCUT2D eigenvalue weighted by Crippen LogP contribution is 2.35.